The molecule has 0 spiro atoms. The summed E-state index contributed by atoms with van der Waals surface area (Å²) < 4.78 is 12.8. The highest BCUT2D eigenvalue weighted by Gasteiger charge is 2.11. The Balaban J connectivity index is 2.69. The van der Waals surface area contributed by atoms with E-state index in [0.29, 0.717) is 5.56 Å². The molecule has 0 fully saturated rings. The van der Waals surface area contributed by atoms with Crippen molar-refractivity contribution in [2.24, 2.45) is 0 Å². The molecular weight excluding hydrogens is 223 g/mol. The lowest BCUT2D eigenvalue weighted by molar-refractivity contribution is -0.137. The molecule has 1 atom stereocenters. The normalized spacial score (nSPS) is 12.5. The first-order valence-corrected chi connectivity index (χ1v) is 4.73. The predicted molar refractivity (Wildman–Crippen MR) is 53.2 cm³/mol. The second-order valence-corrected chi connectivity index (χ2v) is 3.53. The Morgan fingerprint density at radius 1 is 1.53 bits per heavy atom. The summed E-state index contributed by atoms with van der Waals surface area (Å²) >= 11 is 5.52. The quantitative estimate of drug-likeness (QED) is 0.838. The van der Waals surface area contributed by atoms with E-state index < -0.39 is 17.9 Å². The van der Waals surface area contributed by atoms with Gasteiger partial charge in [0.2, 0.25) is 0 Å². The van der Waals surface area contributed by atoms with Crippen molar-refractivity contribution in [1.82, 2.24) is 0 Å². The van der Waals surface area contributed by atoms with Crippen LogP contribution in [-0.2, 0) is 4.79 Å². The van der Waals surface area contributed by atoms with E-state index in [1.54, 1.807) is 0 Å². The number of carbonyl (C=O) groups is 1. The summed E-state index contributed by atoms with van der Waals surface area (Å²) in [6.45, 7) is 0. The van der Waals surface area contributed by atoms with E-state index in [1.807, 2.05) is 0 Å². The summed E-state index contributed by atoms with van der Waals surface area (Å²) in [5, 5.41) is 17.9. The van der Waals surface area contributed by atoms with Gasteiger partial charge in [0.1, 0.15) is 5.82 Å². The molecule has 0 bridgehead atoms. The van der Waals surface area contributed by atoms with Crippen LogP contribution in [0.2, 0.25) is 5.02 Å². The standard InChI is InChI=1S/C10H10ClFO3/c11-7-5-6(1-2-8(7)12)9(13)3-4-10(14)15/h1-2,5,9,13H,3-4H2,(H,14,15). The van der Waals surface area contributed by atoms with Crippen molar-refractivity contribution >= 4 is 17.6 Å². The highest BCUT2D eigenvalue weighted by molar-refractivity contribution is 6.30. The Morgan fingerprint density at radius 3 is 2.73 bits per heavy atom. The van der Waals surface area contributed by atoms with Gasteiger partial charge in [-0.25, -0.2) is 4.39 Å². The topological polar surface area (TPSA) is 57.5 Å². The first-order chi connectivity index (χ1) is 7.00. The lowest BCUT2D eigenvalue weighted by atomic mass is 10.1. The van der Waals surface area contributed by atoms with Crippen molar-refractivity contribution in [2.75, 3.05) is 0 Å². The number of aliphatic hydroxyl groups is 1. The van der Waals surface area contributed by atoms with Gasteiger partial charge in [0.05, 0.1) is 11.1 Å². The lowest BCUT2D eigenvalue weighted by Crippen LogP contribution is -2.02. The molecule has 0 aliphatic carbocycles. The molecule has 0 aliphatic heterocycles. The summed E-state index contributed by atoms with van der Waals surface area (Å²) in [5.41, 5.74) is 0.419. The summed E-state index contributed by atoms with van der Waals surface area (Å²) in [6.07, 6.45) is -0.993. The van der Waals surface area contributed by atoms with Crippen molar-refractivity contribution < 1.29 is 19.4 Å². The maximum Gasteiger partial charge on any atom is 0.303 e. The van der Waals surface area contributed by atoms with E-state index in [0.717, 1.165) is 6.07 Å². The molecule has 2 N–H and O–H groups in total. The number of hydrogen-bond acceptors (Lipinski definition) is 2. The Hall–Kier alpha value is -1.13. The molecule has 15 heavy (non-hydrogen) atoms. The Labute approximate surface area is 91.1 Å². The zero-order valence-corrected chi connectivity index (χ0v) is 8.54. The molecule has 1 rings (SSSR count). The van der Waals surface area contributed by atoms with Crippen LogP contribution in [-0.4, -0.2) is 16.2 Å². The fraction of sp³-hybridized carbons (Fsp3) is 0.300. The van der Waals surface area contributed by atoms with Crippen molar-refractivity contribution in [1.29, 1.82) is 0 Å². The first kappa shape index (κ1) is 11.9. The second-order valence-electron chi connectivity index (χ2n) is 3.12. The molecule has 1 aromatic rings. The van der Waals surface area contributed by atoms with E-state index >= 15 is 0 Å². The van der Waals surface area contributed by atoms with Gasteiger partial charge in [0.25, 0.3) is 0 Å². The van der Waals surface area contributed by atoms with Crippen molar-refractivity contribution in [3.63, 3.8) is 0 Å². The maximum absolute atomic E-state index is 12.8. The molecule has 0 amide bonds. The fourth-order valence-electron chi connectivity index (χ4n) is 1.15. The maximum atomic E-state index is 12.8. The molecule has 5 heteroatoms. The van der Waals surface area contributed by atoms with Gasteiger partial charge >= 0.3 is 5.97 Å². The molecule has 82 valence electrons. The molecule has 0 saturated heterocycles. The Morgan fingerprint density at radius 2 is 2.20 bits per heavy atom. The first-order valence-electron chi connectivity index (χ1n) is 4.35. The molecule has 0 radical (unpaired) electrons. The largest absolute Gasteiger partial charge is 0.481 e. The third kappa shape index (κ3) is 3.49. The number of rotatable bonds is 4. The molecule has 0 aromatic heterocycles. The number of benzene rings is 1. The number of hydrogen-bond donors (Lipinski definition) is 2. The molecule has 0 saturated carbocycles. The van der Waals surface area contributed by atoms with E-state index in [4.69, 9.17) is 16.7 Å². The van der Waals surface area contributed by atoms with Gasteiger partial charge in [-0.15, -0.1) is 0 Å². The third-order valence-electron chi connectivity index (χ3n) is 1.96. The van der Waals surface area contributed by atoms with Gasteiger partial charge in [-0.3, -0.25) is 4.79 Å². The monoisotopic (exact) mass is 232 g/mol. The van der Waals surface area contributed by atoms with Crippen LogP contribution < -0.4 is 0 Å². The van der Waals surface area contributed by atoms with E-state index in [9.17, 15) is 14.3 Å². The fourth-order valence-corrected chi connectivity index (χ4v) is 1.34. The van der Waals surface area contributed by atoms with Crippen LogP contribution >= 0.6 is 11.6 Å². The zero-order chi connectivity index (χ0) is 11.4. The van der Waals surface area contributed by atoms with Crippen molar-refractivity contribution in [3.05, 3.63) is 34.6 Å². The van der Waals surface area contributed by atoms with Crippen LogP contribution in [0.5, 0.6) is 0 Å². The molecule has 3 nitrogen and oxygen atoms in total. The Bertz CT molecular complexity index is 368. The zero-order valence-electron chi connectivity index (χ0n) is 7.78. The van der Waals surface area contributed by atoms with Crippen LogP contribution in [0.15, 0.2) is 18.2 Å². The van der Waals surface area contributed by atoms with E-state index in [-0.39, 0.29) is 17.9 Å². The van der Waals surface area contributed by atoms with Gasteiger partial charge in [-0.1, -0.05) is 17.7 Å². The van der Waals surface area contributed by atoms with Gasteiger partial charge in [-0.05, 0) is 24.1 Å². The van der Waals surface area contributed by atoms with Crippen LogP contribution in [0, 0.1) is 5.82 Å². The SMILES string of the molecule is O=C(O)CCC(O)c1ccc(F)c(Cl)c1. The summed E-state index contributed by atoms with van der Waals surface area (Å²) in [6, 6.07) is 3.82. The number of aliphatic hydroxyl groups excluding tert-OH is 1. The van der Waals surface area contributed by atoms with E-state index in [1.165, 1.54) is 12.1 Å². The average Bonchev–Trinajstić information content (AvgIpc) is 2.18. The second kappa shape index (κ2) is 5.09. The molecular formula is C10H10ClFO3. The minimum atomic E-state index is -0.984. The number of carboxylic acids is 1. The minimum Gasteiger partial charge on any atom is -0.481 e. The molecule has 1 aromatic carbocycles. The number of aliphatic carboxylic acids is 1. The minimum absolute atomic E-state index is 0.0806. The summed E-state index contributed by atoms with van der Waals surface area (Å²) in [7, 11) is 0. The van der Waals surface area contributed by atoms with E-state index in [2.05, 4.69) is 0 Å². The highest BCUT2D eigenvalue weighted by atomic mass is 35.5. The number of carboxylic acid groups (broad SMARTS) is 1. The van der Waals surface area contributed by atoms with Crippen LogP contribution in [0.4, 0.5) is 4.39 Å². The number of halogens is 2. The molecule has 0 aliphatic rings. The van der Waals surface area contributed by atoms with Crippen molar-refractivity contribution in [2.45, 2.75) is 18.9 Å². The Kier molecular flexibility index (Phi) is 4.05. The van der Waals surface area contributed by atoms with Gasteiger partial charge in [-0.2, -0.15) is 0 Å². The van der Waals surface area contributed by atoms with Gasteiger partial charge in [0, 0.05) is 6.42 Å². The third-order valence-corrected chi connectivity index (χ3v) is 2.25. The van der Waals surface area contributed by atoms with Crippen LogP contribution in [0.3, 0.4) is 0 Å². The van der Waals surface area contributed by atoms with Gasteiger partial charge < -0.3 is 10.2 Å². The predicted octanol–water partition coefficient (Wildman–Crippen LogP) is 2.38. The molecule has 1 unspecified atom stereocenters. The van der Waals surface area contributed by atoms with Crippen molar-refractivity contribution in [3.8, 4) is 0 Å². The van der Waals surface area contributed by atoms with Crippen LogP contribution in [0.1, 0.15) is 24.5 Å². The van der Waals surface area contributed by atoms with Gasteiger partial charge in [0.15, 0.2) is 0 Å². The summed E-state index contributed by atoms with van der Waals surface area (Å²) in [5.74, 6) is -1.55. The summed E-state index contributed by atoms with van der Waals surface area (Å²) in [4.78, 5) is 10.3. The lowest BCUT2D eigenvalue weighted by Gasteiger charge is -2.09. The average molecular weight is 233 g/mol. The van der Waals surface area contributed by atoms with Crippen LogP contribution in [0.25, 0.3) is 0 Å². The molecule has 0 heterocycles. The smallest absolute Gasteiger partial charge is 0.303 e. The highest BCUT2D eigenvalue weighted by Crippen LogP contribution is 2.23.